The number of hydrogen-bond donors (Lipinski definition) is 1. The van der Waals surface area contributed by atoms with Gasteiger partial charge in [0, 0.05) is 6.08 Å². The van der Waals surface area contributed by atoms with Crippen molar-refractivity contribution >= 4 is 5.78 Å². The average Bonchev–Trinajstić information content (AvgIpc) is 1.65. The molecule has 0 aromatic carbocycles. The predicted molar refractivity (Wildman–Crippen MR) is 30.0 cm³/mol. The Hall–Kier alpha value is -0.990. The van der Waals surface area contributed by atoms with E-state index in [2.05, 4.69) is 4.74 Å². The molecule has 0 saturated carbocycles. The molecular formula is C5H9NO2. The Morgan fingerprint density at radius 3 is 2.38 bits per heavy atom. The molecule has 0 atom stereocenters. The fourth-order valence-electron chi connectivity index (χ4n) is 0.259. The van der Waals surface area contributed by atoms with Crippen molar-refractivity contribution < 1.29 is 9.53 Å². The zero-order valence-electron chi connectivity index (χ0n) is 4.97. The molecule has 0 radical (unpaired) electrons. The maximum atomic E-state index is 10.2. The summed E-state index contributed by atoms with van der Waals surface area (Å²) in [5, 5.41) is 0. The summed E-state index contributed by atoms with van der Waals surface area (Å²) in [6, 6.07) is 0. The predicted octanol–water partition coefficient (Wildman–Crippen LogP) is 0.0219. The Balaban J connectivity index is 3.75. The highest BCUT2D eigenvalue weighted by Crippen LogP contribution is 1.82. The number of methoxy groups -OCH3 is 1. The lowest BCUT2D eigenvalue weighted by Crippen LogP contribution is -2.01. The van der Waals surface area contributed by atoms with E-state index in [1.54, 1.807) is 0 Å². The molecule has 0 aromatic heterocycles. The summed E-state index contributed by atoms with van der Waals surface area (Å²) in [6.45, 7) is 1.41. The molecule has 0 rings (SSSR count). The van der Waals surface area contributed by atoms with Gasteiger partial charge >= 0.3 is 0 Å². The molecule has 0 spiro atoms. The number of ketones is 1. The summed E-state index contributed by atoms with van der Waals surface area (Å²) in [4.78, 5) is 10.2. The summed E-state index contributed by atoms with van der Waals surface area (Å²) in [5.41, 5.74) is 5.09. The zero-order chi connectivity index (χ0) is 6.57. The van der Waals surface area contributed by atoms with E-state index in [0.717, 1.165) is 0 Å². The molecule has 3 nitrogen and oxygen atoms in total. The summed E-state index contributed by atoms with van der Waals surface area (Å²) in [6.07, 6.45) is 1.22. The van der Waals surface area contributed by atoms with Crippen LogP contribution in [0.15, 0.2) is 12.0 Å². The van der Waals surface area contributed by atoms with Crippen molar-refractivity contribution in [2.45, 2.75) is 6.92 Å². The third-order valence-corrected chi connectivity index (χ3v) is 0.581. The van der Waals surface area contributed by atoms with Crippen LogP contribution in [0.5, 0.6) is 0 Å². The van der Waals surface area contributed by atoms with Crippen LogP contribution < -0.4 is 5.73 Å². The summed E-state index contributed by atoms with van der Waals surface area (Å²) in [7, 11) is 1.41. The SMILES string of the molecule is CO/C(N)=C/C(C)=O. The molecule has 0 heterocycles. The fourth-order valence-corrected chi connectivity index (χ4v) is 0.259. The highest BCUT2D eigenvalue weighted by atomic mass is 16.5. The molecule has 2 N–H and O–H groups in total. The van der Waals surface area contributed by atoms with Crippen molar-refractivity contribution in [2.24, 2.45) is 5.73 Å². The lowest BCUT2D eigenvalue weighted by atomic mass is 10.4. The number of nitrogens with two attached hydrogens (primary N) is 1. The second-order valence-electron chi connectivity index (χ2n) is 1.36. The monoisotopic (exact) mass is 115 g/mol. The summed E-state index contributed by atoms with van der Waals surface area (Å²) < 4.78 is 4.48. The van der Waals surface area contributed by atoms with Crippen molar-refractivity contribution in [1.29, 1.82) is 0 Å². The van der Waals surface area contributed by atoms with Gasteiger partial charge < -0.3 is 10.5 Å². The van der Waals surface area contributed by atoms with Gasteiger partial charge in [0.25, 0.3) is 0 Å². The van der Waals surface area contributed by atoms with E-state index in [4.69, 9.17) is 5.73 Å². The molecule has 0 bridgehead atoms. The van der Waals surface area contributed by atoms with E-state index < -0.39 is 0 Å². The van der Waals surface area contributed by atoms with Gasteiger partial charge in [-0.15, -0.1) is 0 Å². The van der Waals surface area contributed by atoms with E-state index in [0.29, 0.717) is 0 Å². The van der Waals surface area contributed by atoms with Gasteiger partial charge in [-0.25, -0.2) is 0 Å². The van der Waals surface area contributed by atoms with Crippen LogP contribution in [0.3, 0.4) is 0 Å². The van der Waals surface area contributed by atoms with E-state index in [1.807, 2.05) is 0 Å². The van der Waals surface area contributed by atoms with Crippen molar-refractivity contribution in [3.05, 3.63) is 12.0 Å². The van der Waals surface area contributed by atoms with E-state index in [-0.39, 0.29) is 11.7 Å². The lowest BCUT2D eigenvalue weighted by Gasteiger charge is -1.93. The Labute approximate surface area is 48.1 Å². The van der Waals surface area contributed by atoms with Gasteiger partial charge in [-0.1, -0.05) is 0 Å². The number of carbonyl (C=O) groups excluding carboxylic acids is 1. The topological polar surface area (TPSA) is 52.3 Å². The second kappa shape index (κ2) is 3.07. The molecule has 0 aromatic rings. The van der Waals surface area contributed by atoms with Crippen LogP contribution in [0.25, 0.3) is 0 Å². The number of rotatable bonds is 2. The number of carbonyl (C=O) groups is 1. The van der Waals surface area contributed by atoms with E-state index in [1.165, 1.54) is 20.1 Å². The largest absolute Gasteiger partial charge is 0.483 e. The van der Waals surface area contributed by atoms with Crippen LogP contribution in [-0.2, 0) is 9.53 Å². The standard InChI is InChI=1S/C5H9NO2/c1-4(7)3-5(6)8-2/h3H,6H2,1-2H3/b5-3+. The van der Waals surface area contributed by atoms with Gasteiger partial charge in [-0.05, 0) is 6.92 Å². The minimum Gasteiger partial charge on any atom is -0.483 e. The Morgan fingerprint density at radius 1 is 1.75 bits per heavy atom. The number of hydrogen-bond acceptors (Lipinski definition) is 3. The second-order valence-corrected chi connectivity index (χ2v) is 1.36. The Morgan fingerprint density at radius 2 is 2.25 bits per heavy atom. The summed E-state index contributed by atoms with van der Waals surface area (Å²) >= 11 is 0. The van der Waals surface area contributed by atoms with Gasteiger partial charge in [0.1, 0.15) is 0 Å². The molecule has 0 amide bonds. The molecule has 0 aliphatic carbocycles. The first-order chi connectivity index (χ1) is 3.66. The summed E-state index contributed by atoms with van der Waals surface area (Å²) in [5.74, 6) is 0.0434. The van der Waals surface area contributed by atoms with Crippen molar-refractivity contribution in [1.82, 2.24) is 0 Å². The number of ether oxygens (including phenoxy) is 1. The zero-order valence-corrected chi connectivity index (χ0v) is 4.97. The molecule has 0 unspecified atom stereocenters. The molecule has 0 fully saturated rings. The molecule has 0 saturated heterocycles. The van der Waals surface area contributed by atoms with E-state index >= 15 is 0 Å². The third-order valence-electron chi connectivity index (χ3n) is 0.581. The maximum Gasteiger partial charge on any atom is 0.187 e. The molecule has 3 heteroatoms. The molecule has 46 valence electrons. The van der Waals surface area contributed by atoms with Gasteiger partial charge in [0.15, 0.2) is 11.7 Å². The third kappa shape index (κ3) is 3.21. The highest BCUT2D eigenvalue weighted by Gasteiger charge is 1.87. The lowest BCUT2D eigenvalue weighted by molar-refractivity contribution is -0.112. The van der Waals surface area contributed by atoms with Crippen LogP contribution in [0, 0.1) is 0 Å². The highest BCUT2D eigenvalue weighted by molar-refractivity contribution is 5.87. The van der Waals surface area contributed by atoms with Crippen molar-refractivity contribution in [3.63, 3.8) is 0 Å². The van der Waals surface area contributed by atoms with Gasteiger partial charge in [-0.3, -0.25) is 4.79 Å². The molecule has 8 heavy (non-hydrogen) atoms. The van der Waals surface area contributed by atoms with Crippen LogP contribution in [0.1, 0.15) is 6.92 Å². The molecule has 0 aliphatic rings. The first-order valence-corrected chi connectivity index (χ1v) is 2.18. The van der Waals surface area contributed by atoms with Crippen LogP contribution in [0.4, 0.5) is 0 Å². The van der Waals surface area contributed by atoms with Gasteiger partial charge in [-0.2, -0.15) is 0 Å². The maximum absolute atomic E-state index is 10.2. The smallest absolute Gasteiger partial charge is 0.187 e. The first kappa shape index (κ1) is 7.01. The fraction of sp³-hybridized carbons (Fsp3) is 0.400. The van der Waals surface area contributed by atoms with Crippen LogP contribution in [-0.4, -0.2) is 12.9 Å². The molecule has 0 aliphatic heterocycles. The van der Waals surface area contributed by atoms with Crippen LogP contribution >= 0.6 is 0 Å². The first-order valence-electron chi connectivity index (χ1n) is 2.18. The normalized spacial score (nSPS) is 11.0. The van der Waals surface area contributed by atoms with Crippen molar-refractivity contribution in [2.75, 3.05) is 7.11 Å². The Bertz CT molecular complexity index is 118. The van der Waals surface area contributed by atoms with Crippen LogP contribution in [0.2, 0.25) is 0 Å². The van der Waals surface area contributed by atoms with Crippen molar-refractivity contribution in [3.8, 4) is 0 Å². The minimum atomic E-state index is -0.107. The van der Waals surface area contributed by atoms with Gasteiger partial charge in [0.2, 0.25) is 0 Å². The number of allylic oxidation sites excluding steroid dienone is 1. The minimum absolute atomic E-state index is 0.107. The quantitative estimate of drug-likeness (QED) is 0.408. The Kier molecular flexibility index (Phi) is 2.69. The van der Waals surface area contributed by atoms with Gasteiger partial charge in [0.05, 0.1) is 7.11 Å². The van der Waals surface area contributed by atoms with E-state index in [9.17, 15) is 4.79 Å². The average molecular weight is 115 g/mol. The molecular weight excluding hydrogens is 106 g/mol.